The molecule has 0 aliphatic rings. The molecule has 0 unspecified atom stereocenters. The monoisotopic (exact) mass is 449 g/mol. The van der Waals surface area contributed by atoms with Crippen LogP contribution in [0.4, 0.5) is 5.13 Å². The van der Waals surface area contributed by atoms with Gasteiger partial charge in [0.1, 0.15) is 4.83 Å². The molecule has 3 heterocycles. The summed E-state index contributed by atoms with van der Waals surface area (Å²) in [5.74, 6) is 0.718. The third-order valence-electron chi connectivity index (χ3n) is 3.89. The van der Waals surface area contributed by atoms with Crippen molar-refractivity contribution in [3.8, 4) is 22.2 Å². The molecule has 0 bridgehead atoms. The largest absolute Gasteiger partial charge is 0.354 e. The molecule has 0 aliphatic carbocycles. The molecule has 1 N–H and O–H groups in total. The molecule has 4 aromatic rings. The number of hydrogen-bond donors (Lipinski definition) is 1. The summed E-state index contributed by atoms with van der Waals surface area (Å²) in [5.41, 5.74) is 0.568. The van der Waals surface area contributed by atoms with Crippen LogP contribution >= 0.6 is 22.7 Å². The van der Waals surface area contributed by atoms with Gasteiger partial charge in [-0.15, -0.1) is 11.3 Å². The third kappa shape index (κ3) is 4.04. The first kappa shape index (κ1) is 20.0. The maximum atomic E-state index is 12.4. The number of aromatic nitrogens is 3. The van der Waals surface area contributed by atoms with E-state index in [1.807, 2.05) is 25.1 Å². The van der Waals surface area contributed by atoms with Crippen molar-refractivity contribution < 1.29 is 12.9 Å². The number of hydrogen-bond acceptors (Lipinski definition) is 9. The lowest BCUT2D eigenvalue weighted by Crippen LogP contribution is -2.30. The zero-order chi connectivity index (χ0) is 20.8. The second-order valence-corrected chi connectivity index (χ2v) is 10.7. The minimum absolute atomic E-state index is 0.159. The van der Waals surface area contributed by atoms with E-state index < -0.39 is 10.0 Å². The Bertz CT molecular complexity index is 1240. The highest BCUT2D eigenvalue weighted by Crippen LogP contribution is 2.38. The second-order valence-electron chi connectivity index (χ2n) is 6.90. The van der Waals surface area contributed by atoms with Gasteiger partial charge >= 0.3 is 0 Å². The molecule has 0 aliphatic heterocycles. The number of thiophene rings is 1. The van der Waals surface area contributed by atoms with Crippen LogP contribution in [0.5, 0.6) is 0 Å². The summed E-state index contributed by atoms with van der Waals surface area (Å²) < 4.78 is 33.9. The van der Waals surface area contributed by atoms with Gasteiger partial charge in [-0.1, -0.05) is 28.6 Å². The number of sulfonamides is 1. The van der Waals surface area contributed by atoms with Gasteiger partial charge in [0.15, 0.2) is 5.13 Å². The fraction of sp³-hybridized carbons (Fsp3) is 0.278. The Morgan fingerprint density at radius 1 is 1.14 bits per heavy atom. The Kier molecular flexibility index (Phi) is 5.15. The Hall–Kier alpha value is -2.34. The van der Waals surface area contributed by atoms with Crippen LogP contribution in [0, 0.1) is 0 Å². The minimum atomic E-state index is -3.60. The number of rotatable bonds is 6. The van der Waals surface area contributed by atoms with E-state index in [4.69, 9.17) is 4.52 Å². The van der Waals surface area contributed by atoms with Crippen molar-refractivity contribution in [3.63, 3.8) is 0 Å². The lowest BCUT2D eigenvalue weighted by Gasteiger charge is -2.09. The molecule has 1 aromatic carbocycles. The molecule has 0 spiro atoms. The molecule has 4 rings (SSSR count). The van der Waals surface area contributed by atoms with Crippen LogP contribution in [0.3, 0.4) is 0 Å². The van der Waals surface area contributed by atoms with E-state index in [1.54, 1.807) is 37.3 Å². The summed E-state index contributed by atoms with van der Waals surface area (Å²) in [6.07, 6.45) is 0. The number of anilines is 1. The van der Waals surface area contributed by atoms with E-state index in [9.17, 15) is 8.42 Å². The molecule has 0 amide bonds. The maximum Gasteiger partial charge on any atom is 0.268 e. The number of fused-ring (bicyclic) bond motifs is 1. The van der Waals surface area contributed by atoms with Gasteiger partial charge in [0.05, 0.1) is 14.5 Å². The Balaban J connectivity index is 1.64. The standard InChI is InChI=1S/C18H19N5O3S3/c1-10(2)22-29(24,25)12-7-5-6-11(8-12)15-19-16(26-21-15)13-9-14-17(27-13)20-18(28-14)23(3)4/h5-10,22H,1-4H3. The lowest BCUT2D eigenvalue weighted by atomic mass is 10.2. The lowest BCUT2D eigenvalue weighted by molar-refractivity contribution is 0.433. The molecule has 3 aromatic heterocycles. The Labute approximate surface area is 176 Å². The number of nitrogens with zero attached hydrogens (tertiary/aromatic N) is 4. The van der Waals surface area contributed by atoms with Crippen molar-refractivity contribution in [2.24, 2.45) is 0 Å². The fourth-order valence-corrected chi connectivity index (χ4v) is 5.99. The summed E-state index contributed by atoms with van der Waals surface area (Å²) in [7, 11) is 0.312. The van der Waals surface area contributed by atoms with Crippen LogP contribution < -0.4 is 9.62 Å². The molecule has 29 heavy (non-hydrogen) atoms. The maximum absolute atomic E-state index is 12.4. The number of nitrogens with one attached hydrogen (secondary N) is 1. The van der Waals surface area contributed by atoms with Crippen LogP contribution in [-0.4, -0.2) is 43.7 Å². The van der Waals surface area contributed by atoms with Gasteiger partial charge in [-0.25, -0.2) is 18.1 Å². The highest BCUT2D eigenvalue weighted by atomic mass is 32.2. The van der Waals surface area contributed by atoms with Gasteiger partial charge in [-0.05, 0) is 32.0 Å². The van der Waals surface area contributed by atoms with Crippen molar-refractivity contribution >= 4 is 47.4 Å². The first-order chi connectivity index (χ1) is 13.7. The molecule has 0 saturated heterocycles. The molecule has 152 valence electrons. The van der Waals surface area contributed by atoms with Crippen LogP contribution in [0.25, 0.3) is 31.7 Å². The average molecular weight is 450 g/mol. The van der Waals surface area contributed by atoms with E-state index in [0.29, 0.717) is 17.3 Å². The normalized spacial score (nSPS) is 12.2. The summed E-state index contributed by atoms with van der Waals surface area (Å²) in [4.78, 5) is 12.9. The first-order valence-electron chi connectivity index (χ1n) is 8.77. The predicted molar refractivity (Wildman–Crippen MR) is 116 cm³/mol. The van der Waals surface area contributed by atoms with Crippen LogP contribution in [0.15, 0.2) is 39.8 Å². The van der Waals surface area contributed by atoms with Crippen molar-refractivity contribution in [3.05, 3.63) is 30.3 Å². The molecule has 0 radical (unpaired) electrons. The minimum Gasteiger partial charge on any atom is -0.354 e. The Morgan fingerprint density at radius 2 is 1.93 bits per heavy atom. The summed E-state index contributed by atoms with van der Waals surface area (Å²) in [6, 6.07) is 8.27. The van der Waals surface area contributed by atoms with Gasteiger partial charge in [0.2, 0.25) is 15.8 Å². The SMILES string of the molecule is CC(C)NS(=O)(=O)c1cccc(-c2noc(-c3cc4sc(N(C)C)nc4s3)n2)c1. The predicted octanol–water partition coefficient (Wildman–Crippen LogP) is 3.83. The van der Waals surface area contributed by atoms with Gasteiger partial charge in [-0.2, -0.15) is 4.98 Å². The molecule has 8 nitrogen and oxygen atoms in total. The first-order valence-corrected chi connectivity index (χ1v) is 11.9. The van der Waals surface area contributed by atoms with Gasteiger partial charge in [0, 0.05) is 25.7 Å². The van der Waals surface area contributed by atoms with E-state index in [-0.39, 0.29) is 10.9 Å². The second kappa shape index (κ2) is 7.48. The number of thiazole rings is 1. The third-order valence-corrected chi connectivity index (χ3v) is 7.86. The molecular formula is C18H19N5O3S3. The number of benzene rings is 1. The van der Waals surface area contributed by atoms with Crippen molar-refractivity contribution in [1.82, 2.24) is 19.8 Å². The van der Waals surface area contributed by atoms with E-state index in [2.05, 4.69) is 19.8 Å². The molecule has 0 saturated carbocycles. The van der Waals surface area contributed by atoms with Gasteiger partial charge < -0.3 is 9.42 Å². The molecule has 0 atom stereocenters. The van der Waals surface area contributed by atoms with Crippen molar-refractivity contribution in [2.45, 2.75) is 24.8 Å². The van der Waals surface area contributed by atoms with Crippen LogP contribution in [0.2, 0.25) is 0 Å². The topological polar surface area (TPSA) is 101 Å². The van der Waals surface area contributed by atoms with Crippen molar-refractivity contribution in [1.29, 1.82) is 0 Å². The van der Waals surface area contributed by atoms with E-state index in [0.717, 1.165) is 19.5 Å². The zero-order valence-electron chi connectivity index (χ0n) is 16.2. The zero-order valence-corrected chi connectivity index (χ0v) is 18.7. The highest BCUT2D eigenvalue weighted by molar-refractivity contribution is 7.89. The van der Waals surface area contributed by atoms with E-state index >= 15 is 0 Å². The molecule has 0 fully saturated rings. The van der Waals surface area contributed by atoms with E-state index in [1.165, 1.54) is 23.5 Å². The van der Waals surface area contributed by atoms with Gasteiger partial charge in [-0.3, -0.25) is 0 Å². The summed E-state index contributed by atoms with van der Waals surface area (Å²) in [5, 5.41) is 4.97. The average Bonchev–Trinajstić information content (AvgIpc) is 3.34. The van der Waals surface area contributed by atoms with Crippen LogP contribution in [0.1, 0.15) is 13.8 Å². The quantitative estimate of drug-likeness (QED) is 0.477. The molecular weight excluding hydrogens is 430 g/mol. The van der Waals surface area contributed by atoms with Gasteiger partial charge in [0.25, 0.3) is 5.89 Å². The summed E-state index contributed by atoms with van der Waals surface area (Å²) >= 11 is 3.08. The highest BCUT2D eigenvalue weighted by Gasteiger charge is 2.19. The van der Waals surface area contributed by atoms with Crippen LogP contribution in [-0.2, 0) is 10.0 Å². The summed E-state index contributed by atoms with van der Waals surface area (Å²) in [6.45, 7) is 3.55. The van der Waals surface area contributed by atoms with Crippen molar-refractivity contribution in [2.75, 3.05) is 19.0 Å². The fourth-order valence-electron chi connectivity index (χ4n) is 2.64. The molecule has 11 heteroatoms. The Morgan fingerprint density at radius 3 is 2.62 bits per heavy atom. The smallest absolute Gasteiger partial charge is 0.268 e.